The van der Waals surface area contributed by atoms with Crippen molar-refractivity contribution >= 4 is 17.7 Å². The Hall–Kier alpha value is -0.810. The number of thioether (sulfide) groups is 1. The first-order valence-corrected chi connectivity index (χ1v) is 8.42. The van der Waals surface area contributed by atoms with Crippen molar-refractivity contribution in [3.63, 3.8) is 0 Å². The molecule has 1 fully saturated rings. The zero-order valence-electron chi connectivity index (χ0n) is 13.1. The molecule has 1 aliphatic rings. The largest absolute Gasteiger partial charge is 0.339 e. The molecular weight excluding hydrogens is 268 g/mol. The van der Waals surface area contributed by atoms with E-state index in [1.54, 1.807) is 0 Å². The first-order valence-electron chi connectivity index (χ1n) is 7.44. The zero-order chi connectivity index (χ0) is 14.6. The smallest absolute Gasteiger partial charge is 0.225 e. The van der Waals surface area contributed by atoms with E-state index in [4.69, 9.17) is 4.98 Å². The van der Waals surface area contributed by atoms with Crippen LogP contribution in [0.3, 0.4) is 0 Å². The van der Waals surface area contributed by atoms with Crippen LogP contribution in [0.25, 0.3) is 0 Å². The van der Waals surface area contributed by atoms with E-state index < -0.39 is 0 Å². The van der Waals surface area contributed by atoms with E-state index in [1.807, 2.05) is 18.0 Å². The van der Waals surface area contributed by atoms with E-state index in [0.717, 1.165) is 50.0 Å². The van der Waals surface area contributed by atoms with Crippen molar-refractivity contribution in [3.8, 4) is 0 Å². The van der Waals surface area contributed by atoms with Gasteiger partial charge in [-0.05, 0) is 33.7 Å². The molecule has 5 heteroatoms. The fraction of sp³-hybridized carbons (Fsp3) is 0.733. The number of nitrogens with zero attached hydrogens (tertiary/aromatic N) is 3. The molecule has 0 aromatic carbocycles. The molecule has 1 N–H and O–H groups in total. The molecule has 0 aliphatic carbocycles. The van der Waals surface area contributed by atoms with E-state index in [-0.39, 0.29) is 4.75 Å². The van der Waals surface area contributed by atoms with Gasteiger partial charge in [-0.2, -0.15) is 11.8 Å². The monoisotopic (exact) mass is 294 g/mol. The highest BCUT2D eigenvalue weighted by atomic mass is 32.2. The Labute approximate surface area is 126 Å². The van der Waals surface area contributed by atoms with Crippen molar-refractivity contribution < 1.29 is 0 Å². The lowest BCUT2D eigenvalue weighted by molar-refractivity contribution is 0.631. The van der Waals surface area contributed by atoms with Crippen LogP contribution in [0.1, 0.15) is 38.4 Å². The summed E-state index contributed by atoms with van der Waals surface area (Å²) in [6, 6.07) is 0. The van der Waals surface area contributed by atoms with Gasteiger partial charge in [0.25, 0.3) is 0 Å². The average Bonchev–Trinajstić information content (AvgIpc) is 2.39. The molecular formula is C15H26N4S. The summed E-state index contributed by atoms with van der Waals surface area (Å²) in [6.07, 6.45) is 3.13. The molecule has 0 atom stereocenters. The highest BCUT2D eigenvalue weighted by Crippen LogP contribution is 2.31. The number of aromatic nitrogens is 2. The molecule has 0 spiro atoms. The van der Waals surface area contributed by atoms with E-state index >= 15 is 0 Å². The average molecular weight is 294 g/mol. The molecule has 2 heterocycles. The topological polar surface area (TPSA) is 41.1 Å². The molecule has 1 saturated heterocycles. The van der Waals surface area contributed by atoms with Gasteiger partial charge in [-0.25, -0.2) is 9.97 Å². The summed E-state index contributed by atoms with van der Waals surface area (Å²) in [5.41, 5.74) is 2.29. The Morgan fingerprint density at radius 1 is 1.45 bits per heavy atom. The summed E-state index contributed by atoms with van der Waals surface area (Å²) in [4.78, 5) is 11.6. The maximum atomic E-state index is 4.71. The summed E-state index contributed by atoms with van der Waals surface area (Å²) in [5.74, 6) is 2.03. The Bertz CT molecular complexity index is 447. The van der Waals surface area contributed by atoms with Crippen molar-refractivity contribution in [1.82, 2.24) is 15.3 Å². The molecule has 1 aromatic heterocycles. The second-order valence-electron chi connectivity index (χ2n) is 5.99. The van der Waals surface area contributed by atoms with Crippen LogP contribution >= 0.6 is 11.8 Å². The summed E-state index contributed by atoms with van der Waals surface area (Å²) in [6.45, 7) is 12.8. The second kappa shape index (κ2) is 6.76. The van der Waals surface area contributed by atoms with Crippen molar-refractivity contribution in [2.75, 3.05) is 30.3 Å². The third-order valence-corrected chi connectivity index (χ3v) is 4.82. The predicted molar refractivity (Wildman–Crippen MR) is 87.5 cm³/mol. The van der Waals surface area contributed by atoms with Crippen molar-refractivity contribution in [2.24, 2.45) is 0 Å². The van der Waals surface area contributed by atoms with Gasteiger partial charge < -0.3 is 10.2 Å². The number of aryl methyl sites for hydroxylation is 1. The van der Waals surface area contributed by atoms with Gasteiger partial charge >= 0.3 is 0 Å². The molecule has 0 amide bonds. The summed E-state index contributed by atoms with van der Waals surface area (Å²) in [5, 5.41) is 3.41. The lowest BCUT2D eigenvalue weighted by atomic mass is 10.2. The number of rotatable bonds is 5. The normalized spacial score (nSPS) is 18.3. The van der Waals surface area contributed by atoms with Crippen LogP contribution in [0.2, 0.25) is 0 Å². The highest BCUT2D eigenvalue weighted by Gasteiger charge is 2.28. The summed E-state index contributed by atoms with van der Waals surface area (Å²) in [7, 11) is 0. The second-order valence-corrected chi connectivity index (χ2v) is 7.79. The fourth-order valence-electron chi connectivity index (χ4n) is 2.39. The molecule has 0 saturated carbocycles. The molecule has 1 aliphatic heterocycles. The minimum Gasteiger partial charge on any atom is -0.339 e. The minimum absolute atomic E-state index is 0.289. The Balaban J connectivity index is 2.04. The van der Waals surface area contributed by atoms with Crippen LogP contribution in [0.5, 0.6) is 0 Å². The SMILES string of the molecule is CCCNCc1cnc(N2CCSC(C)(C)C2)nc1C. The van der Waals surface area contributed by atoms with Gasteiger partial charge in [0, 0.05) is 47.6 Å². The van der Waals surface area contributed by atoms with Gasteiger partial charge in [-0.15, -0.1) is 0 Å². The van der Waals surface area contributed by atoms with Crippen LogP contribution in [-0.4, -0.2) is 40.1 Å². The number of hydrogen-bond donors (Lipinski definition) is 1. The predicted octanol–water partition coefficient (Wildman–Crippen LogP) is 2.62. The third-order valence-electron chi connectivity index (χ3n) is 3.52. The van der Waals surface area contributed by atoms with E-state index in [2.05, 4.69) is 42.9 Å². The molecule has 20 heavy (non-hydrogen) atoms. The maximum Gasteiger partial charge on any atom is 0.225 e. The van der Waals surface area contributed by atoms with Gasteiger partial charge in [0.05, 0.1) is 0 Å². The van der Waals surface area contributed by atoms with Gasteiger partial charge in [0.15, 0.2) is 0 Å². The number of anilines is 1. The first-order chi connectivity index (χ1) is 9.52. The molecule has 1 aromatic rings. The van der Waals surface area contributed by atoms with Crippen molar-refractivity contribution in [1.29, 1.82) is 0 Å². The van der Waals surface area contributed by atoms with Crippen LogP contribution in [0, 0.1) is 6.92 Å². The van der Waals surface area contributed by atoms with Crippen molar-refractivity contribution in [3.05, 3.63) is 17.5 Å². The van der Waals surface area contributed by atoms with E-state index in [1.165, 1.54) is 5.56 Å². The Kier molecular flexibility index (Phi) is 5.27. The Morgan fingerprint density at radius 2 is 2.25 bits per heavy atom. The van der Waals surface area contributed by atoms with E-state index in [0.29, 0.717) is 0 Å². The van der Waals surface area contributed by atoms with Gasteiger partial charge in [-0.1, -0.05) is 6.92 Å². The lowest BCUT2D eigenvalue weighted by Gasteiger charge is -2.37. The summed E-state index contributed by atoms with van der Waals surface area (Å²) < 4.78 is 0.289. The van der Waals surface area contributed by atoms with Crippen LogP contribution in [-0.2, 0) is 6.54 Å². The fourth-order valence-corrected chi connectivity index (χ4v) is 3.50. The lowest BCUT2D eigenvalue weighted by Crippen LogP contribution is -2.44. The number of hydrogen-bond acceptors (Lipinski definition) is 5. The molecule has 2 rings (SSSR count). The third kappa shape index (κ3) is 4.09. The van der Waals surface area contributed by atoms with Crippen molar-refractivity contribution in [2.45, 2.75) is 45.4 Å². The molecule has 0 unspecified atom stereocenters. The van der Waals surface area contributed by atoms with Crippen LogP contribution < -0.4 is 10.2 Å². The molecule has 0 radical (unpaired) electrons. The summed E-state index contributed by atoms with van der Waals surface area (Å²) >= 11 is 2.03. The van der Waals surface area contributed by atoms with Gasteiger partial charge in [-0.3, -0.25) is 0 Å². The minimum atomic E-state index is 0.289. The van der Waals surface area contributed by atoms with Gasteiger partial charge in [0.2, 0.25) is 5.95 Å². The maximum absolute atomic E-state index is 4.71. The van der Waals surface area contributed by atoms with Gasteiger partial charge in [0.1, 0.15) is 0 Å². The molecule has 4 nitrogen and oxygen atoms in total. The van der Waals surface area contributed by atoms with E-state index in [9.17, 15) is 0 Å². The quantitative estimate of drug-likeness (QED) is 0.846. The Morgan fingerprint density at radius 3 is 2.90 bits per heavy atom. The zero-order valence-corrected chi connectivity index (χ0v) is 13.9. The van der Waals surface area contributed by atoms with Crippen LogP contribution in [0.4, 0.5) is 5.95 Å². The standard InChI is InChI=1S/C15H26N4S/c1-5-6-16-9-13-10-17-14(18-12(13)2)19-7-8-20-15(3,4)11-19/h10,16H,5-9,11H2,1-4H3. The molecule has 0 bridgehead atoms. The number of nitrogens with one attached hydrogen (secondary N) is 1. The van der Waals surface area contributed by atoms with Crippen LogP contribution in [0.15, 0.2) is 6.20 Å². The first kappa shape index (κ1) is 15.6. The highest BCUT2D eigenvalue weighted by molar-refractivity contribution is 8.00. The molecule has 112 valence electrons.